The van der Waals surface area contributed by atoms with E-state index in [0.29, 0.717) is 6.54 Å². The first-order valence-corrected chi connectivity index (χ1v) is 8.33. The average molecular weight is 348 g/mol. The van der Waals surface area contributed by atoms with Crippen LogP contribution in [0.15, 0.2) is 23.1 Å². The molecule has 1 heterocycles. The first-order valence-electron chi connectivity index (χ1n) is 7.51. The molecule has 1 saturated heterocycles. The maximum Gasteiger partial charge on any atom is 0.446 e. The monoisotopic (exact) mass is 348 g/mol. The fourth-order valence-electron chi connectivity index (χ4n) is 2.90. The zero-order valence-corrected chi connectivity index (χ0v) is 14.4. The van der Waals surface area contributed by atoms with E-state index >= 15 is 0 Å². The predicted molar refractivity (Wildman–Crippen MR) is 86.6 cm³/mol. The predicted octanol–water partition coefficient (Wildman–Crippen LogP) is 3.87. The summed E-state index contributed by atoms with van der Waals surface area (Å²) in [5.74, 6) is 0.247. The maximum absolute atomic E-state index is 12.7. The SMILES string of the molecule is COc1ccc(CN2CCC(N)C(C)(C)C2)cc1SC(F)(F)F. The lowest BCUT2D eigenvalue weighted by Gasteiger charge is -2.42. The number of methoxy groups -OCH3 is 1. The number of thioether (sulfide) groups is 1. The molecule has 0 spiro atoms. The highest BCUT2D eigenvalue weighted by molar-refractivity contribution is 8.00. The highest BCUT2D eigenvalue weighted by Crippen LogP contribution is 2.42. The van der Waals surface area contributed by atoms with E-state index < -0.39 is 5.51 Å². The molecular weight excluding hydrogens is 325 g/mol. The van der Waals surface area contributed by atoms with Crippen LogP contribution in [0.3, 0.4) is 0 Å². The number of likely N-dealkylation sites (tertiary alicyclic amines) is 1. The summed E-state index contributed by atoms with van der Waals surface area (Å²) in [6.07, 6.45) is 0.896. The van der Waals surface area contributed by atoms with Crippen molar-refractivity contribution < 1.29 is 17.9 Å². The van der Waals surface area contributed by atoms with Crippen molar-refractivity contribution in [1.29, 1.82) is 0 Å². The first kappa shape index (κ1) is 18.4. The molecule has 1 unspecified atom stereocenters. The minimum Gasteiger partial charge on any atom is -0.496 e. The van der Waals surface area contributed by atoms with Gasteiger partial charge in [0.2, 0.25) is 0 Å². The summed E-state index contributed by atoms with van der Waals surface area (Å²) in [5, 5.41) is 0. The molecule has 130 valence electrons. The molecule has 0 aliphatic carbocycles. The molecule has 7 heteroatoms. The van der Waals surface area contributed by atoms with Crippen molar-refractivity contribution in [3.63, 3.8) is 0 Å². The third kappa shape index (κ3) is 5.02. The van der Waals surface area contributed by atoms with Gasteiger partial charge < -0.3 is 10.5 Å². The van der Waals surface area contributed by atoms with Crippen molar-refractivity contribution in [2.24, 2.45) is 11.1 Å². The molecule has 0 radical (unpaired) electrons. The number of nitrogens with two attached hydrogens (primary N) is 1. The standard InChI is InChI=1S/C16H23F3N2OS/c1-15(2)10-21(7-6-14(15)20)9-11-4-5-12(22-3)13(8-11)23-16(17,18)19/h4-5,8,14H,6-7,9-10,20H2,1-3H3. The largest absolute Gasteiger partial charge is 0.496 e. The van der Waals surface area contributed by atoms with E-state index in [2.05, 4.69) is 18.7 Å². The molecule has 1 aliphatic heterocycles. The van der Waals surface area contributed by atoms with E-state index in [4.69, 9.17) is 10.5 Å². The number of hydrogen-bond acceptors (Lipinski definition) is 4. The molecule has 0 aromatic heterocycles. The Morgan fingerprint density at radius 1 is 1.39 bits per heavy atom. The normalized spacial score (nSPS) is 22.1. The Hall–Kier alpha value is -0.920. The molecule has 1 fully saturated rings. The molecule has 1 atom stereocenters. The van der Waals surface area contributed by atoms with Gasteiger partial charge in [-0.2, -0.15) is 13.2 Å². The molecule has 2 rings (SSSR count). The van der Waals surface area contributed by atoms with Crippen LogP contribution in [-0.4, -0.2) is 36.6 Å². The second-order valence-corrected chi connectivity index (χ2v) is 7.73. The lowest BCUT2D eigenvalue weighted by molar-refractivity contribution is -0.0328. The molecule has 0 saturated carbocycles. The molecule has 1 aliphatic rings. The van der Waals surface area contributed by atoms with E-state index in [1.54, 1.807) is 12.1 Å². The van der Waals surface area contributed by atoms with Crippen LogP contribution in [-0.2, 0) is 6.54 Å². The van der Waals surface area contributed by atoms with Crippen LogP contribution in [0.2, 0.25) is 0 Å². The Morgan fingerprint density at radius 2 is 2.09 bits per heavy atom. The van der Waals surface area contributed by atoms with Gasteiger partial charge >= 0.3 is 5.51 Å². The molecule has 0 amide bonds. The van der Waals surface area contributed by atoms with Gasteiger partial charge in [-0.15, -0.1) is 0 Å². The zero-order chi connectivity index (χ0) is 17.3. The summed E-state index contributed by atoms with van der Waals surface area (Å²) in [6, 6.07) is 5.15. The number of piperidine rings is 1. The quantitative estimate of drug-likeness (QED) is 0.839. The van der Waals surface area contributed by atoms with Gasteiger partial charge in [0.25, 0.3) is 0 Å². The number of hydrogen-bond donors (Lipinski definition) is 1. The Morgan fingerprint density at radius 3 is 2.65 bits per heavy atom. The third-order valence-electron chi connectivity index (χ3n) is 4.25. The van der Waals surface area contributed by atoms with Gasteiger partial charge in [0, 0.05) is 25.7 Å². The number of ether oxygens (including phenoxy) is 1. The van der Waals surface area contributed by atoms with E-state index in [9.17, 15) is 13.2 Å². The van der Waals surface area contributed by atoms with Gasteiger partial charge in [0.15, 0.2) is 0 Å². The second-order valence-electron chi connectivity index (χ2n) is 6.63. The lowest BCUT2D eigenvalue weighted by Crippen LogP contribution is -2.52. The molecule has 3 nitrogen and oxygen atoms in total. The molecule has 2 N–H and O–H groups in total. The molecule has 1 aromatic rings. The van der Waals surface area contributed by atoms with Gasteiger partial charge in [0.1, 0.15) is 5.75 Å². The van der Waals surface area contributed by atoms with E-state index in [0.717, 1.165) is 25.1 Å². The summed E-state index contributed by atoms with van der Waals surface area (Å²) in [6.45, 7) is 6.57. The minimum absolute atomic E-state index is 0.00820. The van der Waals surface area contributed by atoms with E-state index in [1.165, 1.54) is 7.11 Å². The van der Waals surface area contributed by atoms with Gasteiger partial charge in [-0.1, -0.05) is 19.9 Å². The second kappa shape index (κ2) is 6.91. The van der Waals surface area contributed by atoms with Crippen molar-refractivity contribution in [2.75, 3.05) is 20.2 Å². The van der Waals surface area contributed by atoms with Gasteiger partial charge in [-0.05, 0) is 41.3 Å². The number of rotatable bonds is 4. The van der Waals surface area contributed by atoms with Crippen LogP contribution in [0.5, 0.6) is 5.75 Å². The van der Waals surface area contributed by atoms with Crippen LogP contribution < -0.4 is 10.5 Å². The number of halogens is 3. The summed E-state index contributed by atoms with van der Waals surface area (Å²) >= 11 is -0.135. The summed E-state index contributed by atoms with van der Waals surface area (Å²) in [5.41, 5.74) is 2.66. The smallest absolute Gasteiger partial charge is 0.446 e. The minimum atomic E-state index is -4.33. The van der Waals surface area contributed by atoms with Crippen molar-refractivity contribution in [2.45, 2.75) is 43.3 Å². The fraction of sp³-hybridized carbons (Fsp3) is 0.625. The highest BCUT2D eigenvalue weighted by atomic mass is 32.2. The third-order valence-corrected chi connectivity index (χ3v) is 5.02. The Bertz CT molecular complexity index is 549. The maximum atomic E-state index is 12.7. The average Bonchev–Trinajstić information content (AvgIpc) is 2.41. The van der Waals surface area contributed by atoms with Crippen molar-refractivity contribution in [1.82, 2.24) is 4.90 Å². The number of nitrogens with zero attached hydrogens (tertiary/aromatic N) is 1. The molecule has 1 aromatic carbocycles. The van der Waals surface area contributed by atoms with Gasteiger partial charge in [-0.25, -0.2) is 0 Å². The van der Waals surface area contributed by atoms with E-state index in [1.807, 2.05) is 6.07 Å². The van der Waals surface area contributed by atoms with E-state index in [-0.39, 0.29) is 33.9 Å². The van der Waals surface area contributed by atoms with Crippen molar-refractivity contribution in [3.05, 3.63) is 23.8 Å². The Kier molecular flexibility index (Phi) is 5.53. The van der Waals surface area contributed by atoms with Crippen LogP contribution in [0.4, 0.5) is 13.2 Å². The van der Waals surface area contributed by atoms with Crippen LogP contribution in [0.25, 0.3) is 0 Å². The summed E-state index contributed by atoms with van der Waals surface area (Å²) in [4.78, 5) is 2.35. The number of alkyl halides is 3. The van der Waals surface area contributed by atoms with Crippen molar-refractivity contribution in [3.8, 4) is 5.75 Å². The molecule has 23 heavy (non-hydrogen) atoms. The zero-order valence-electron chi connectivity index (χ0n) is 13.6. The summed E-state index contributed by atoms with van der Waals surface area (Å²) < 4.78 is 43.1. The molecule has 0 bridgehead atoms. The Labute approximate surface area is 139 Å². The number of benzene rings is 1. The Balaban J connectivity index is 2.13. The fourth-order valence-corrected chi connectivity index (χ4v) is 3.61. The summed E-state index contributed by atoms with van der Waals surface area (Å²) in [7, 11) is 1.38. The van der Waals surface area contributed by atoms with Crippen LogP contribution >= 0.6 is 11.8 Å². The van der Waals surface area contributed by atoms with Gasteiger partial charge in [0.05, 0.1) is 12.0 Å². The lowest BCUT2D eigenvalue weighted by atomic mass is 9.79. The molecular formula is C16H23F3N2OS. The van der Waals surface area contributed by atoms with Gasteiger partial charge in [-0.3, -0.25) is 4.90 Å². The van der Waals surface area contributed by atoms with Crippen LogP contribution in [0, 0.1) is 5.41 Å². The first-order chi connectivity index (χ1) is 10.6. The van der Waals surface area contributed by atoms with Crippen molar-refractivity contribution >= 4 is 11.8 Å². The highest BCUT2D eigenvalue weighted by Gasteiger charge is 2.34. The topological polar surface area (TPSA) is 38.5 Å². The van der Waals surface area contributed by atoms with Crippen LogP contribution in [0.1, 0.15) is 25.8 Å².